The Bertz CT molecular complexity index is 436. The second-order valence-corrected chi connectivity index (χ2v) is 6.22. The van der Waals surface area contributed by atoms with Crippen LogP contribution >= 0.6 is 0 Å². The van der Waals surface area contributed by atoms with Crippen molar-refractivity contribution < 1.29 is 14.6 Å². The van der Waals surface area contributed by atoms with E-state index in [0.29, 0.717) is 18.9 Å². The molecule has 0 fully saturated rings. The normalized spacial score (nSPS) is 11.7. The molecule has 0 aliphatic carbocycles. The average Bonchev–Trinajstić information content (AvgIpc) is 2.38. The van der Waals surface area contributed by atoms with Crippen LogP contribution in [0.15, 0.2) is 24.3 Å². The Morgan fingerprint density at radius 1 is 1.30 bits per heavy atom. The number of ether oxygens (including phenoxy) is 1. The highest BCUT2D eigenvalue weighted by Gasteiger charge is 2.25. The van der Waals surface area contributed by atoms with Crippen molar-refractivity contribution >= 4 is 5.97 Å². The standard InChI is InChI=1S/C17H26O3/c1-13(2)14-8-7-9-15(12-14)20-11-6-5-10-17(3,4)16(18)19/h7-9,12-13H,5-6,10-11H2,1-4H3,(H,18,19). The maximum atomic E-state index is 11.0. The van der Waals surface area contributed by atoms with Gasteiger partial charge in [-0.1, -0.05) is 26.0 Å². The largest absolute Gasteiger partial charge is 0.494 e. The molecule has 20 heavy (non-hydrogen) atoms. The van der Waals surface area contributed by atoms with Crippen LogP contribution in [-0.2, 0) is 4.79 Å². The van der Waals surface area contributed by atoms with Crippen molar-refractivity contribution in [3.63, 3.8) is 0 Å². The smallest absolute Gasteiger partial charge is 0.309 e. The molecule has 0 aliphatic heterocycles. The Morgan fingerprint density at radius 3 is 2.60 bits per heavy atom. The third-order valence-corrected chi connectivity index (χ3v) is 3.57. The van der Waals surface area contributed by atoms with Gasteiger partial charge in [-0.2, -0.15) is 0 Å². The number of hydrogen-bond acceptors (Lipinski definition) is 2. The summed E-state index contributed by atoms with van der Waals surface area (Å²) in [5.74, 6) is 0.659. The number of aliphatic carboxylic acids is 1. The fourth-order valence-electron chi connectivity index (χ4n) is 1.93. The lowest BCUT2D eigenvalue weighted by Crippen LogP contribution is -2.23. The topological polar surface area (TPSA) is 46.5 Å². The van der Waals surface area contributed by atoms with Crippen LogP contribution < -0.4 is 4.74 Å². The van der Waals surface area contributed by atoms with Crippen LogP contribution in [0.4, 0.5) is 0 Å². The lowest BCUT2D eigenvalue weighted by molar-refractivity contribution is -0.147. The summed E-state index contributed by atoms with van der Waals surface area (Å²) in [6.45, 7) is 8.49. The monoisotopic (exact) mass is 278 g/mol. The lowest BCUT2D eigenvalue weighted by atomic mass is 9.87. The number of carbonyl (C=O) groups is 1. The summed E-state index contributed by atoms with van der Waals surface area (Å²) in [6, 6.07) is 8.16. The first kappa shape index (κ1) is 16.5. The zero-order chi connectivity index (χ0) is 15.2. The van der Waals surface area contributed by atoms with Crippen LogP contribution in [0.5, 0.6) is 5.75 Å². The number of benzene rings is 1. The molecule has 1 aromatic rings. The summed E-state index contributed by atoms with van der Waals surface area (Å²) in [5, 5.41) is 9.03. The molecule has 0 radical (unpaired) electrons. The number of carboxylic acids is 1. The highest BCUT2D eigenvalue weighted by atomic mass is 16.5. The summed E-state index contributed by atoms with van der Waals surface area (Å²) in [7, 11) is 0. The fourth-order valence-corrected chi connectivity index (χ4v) is 1.93. The molecule has 0 unspecified atom stereocenters. The van der Waals surface area contributed by atoms with Gasteiger partial charge in [-0.3, -0.25) is 4.79 Å². The SMILES string of the molecule is CC(C)c1cccc(OCCCCC(C)(C)C(=O)O)c1. The van der Waals surface area contributed by atoms with Crippen LogP contribution in [0.1, 0.15) is 58.4 Å². The molecule has 0 spiro atoms. The predicted molar refractivity (Wildman–Crippen MR) is 81.3 cm³/mol. The van der Waals surface area contributed by atoms with Gasteiger partial charge in [0.2, 0.25) is 0 Å². The maximum Gasteiger partial charge on any atom is 0.309 e. The minimum absolute atomic E-state index is 0.495. The number of unbranched alkanes of at least 4 members (excludes halogenated alkanes) is 1. The van der Waals surface area contributed by atoms with Crippen molar-refractivity contribution in [3.05, 3.63) is 29.8 Å². The molecule has 3 nitrogen and oxygen atoms in total. The van der Waals surface area contributed by atoms with Crippen molar-refractivity contribution in [3.8, 4) is 5.75 Å². The van der Waals surface area contributed by atoms with E-state index in [9.17, 15) is 4.79 Å². The molecule has 0 amide bonds. The van der Waals surface area contributed by atoms with E-state index < -0.39 is 11.4 Å². The van der Waals surface area contributed by atoms with E-state index in [4.69, 9.17) is 9.84 Å². The van der Waals surface area contributed by atoms with Crippen LogP contribution in [0.3, 0.4) is 0 Å². The molecule has 0 saturated carbocycles. The molecule has 0 saturated heterocycles. The minimum atomic E-state index is -0.733. The molecule has 112 valence electrons. The van der Waals surface area contributed by atoms with Crippen molar-refractivity contribution in [2.24, 2.45) is 5.41 Å². The van der Waals surface area contributed by atoms with Crippen molar-refractivity contribution in [2.45, 2.75) is 52.9 Å². The van der Waals surface area contributed by atoms with Gasteiger partial charge in [0, 0.05) is 0 Å². The number of hydrogen-bond donors (Lipinski definition) is 1. The summed E-state index contributed by atoms with van der Waals surface area (Å²) >= 11 is 0. The predicted octanol–water partition coefficient (Wildman–Crippen LogP) is 4.47. The first-order valence-corrected chi connectivity index (χ1v) is 7.29. The maximum absolute atomic E-state index is 11.0. The molecule has 1 aromatic carbocycles. The zero-order valence-electron chi connectivity index (χ0n) is 13.0. The van der Waals surface area contributed by atoms with Crippen LogP contribution in [0.25, 0.3) is 0 Å². The Hall–Kier alpha value is -1.51. The molecule has 0 aliphatic rings. The van der Waals surface area contributed by atoms with Crippen molar-refractivity contribution in [1.29, 1.82) is 0 Å². The highest BCUT2D eigenvalue weighted by molar-refractivity contribution is 5.73. The molecule has 0 bridgehead atoms. The summed E-state index contributed by atoms with van der Waals surface area (Å²) in [6.07, 6.45) is 2.42. The lowest BCUT2D eigenvalue weighted by Gasteiger charge is -2.18. The summed E-state index contributed by atoms with van der Waals surface area (Å²) < 4.78 is 5.72. The zero-order valence-corrected chi connectivity index (χ0v) is 13.0. The first-order valence-electron chi connectivity index (χ1n) is 7.29. The van der Waals surface area contributed by atoms with E-state index in [1.54, 1.807) is 13.8 Å². The van der Waals surface area contributed by atoms with E-state index in [1.165, 1.54) is 5.56 Å². The molecule has 0 atom stereocenters. The molecular weight excluding hydrogens is 252 g/mol. The van der Waals surface area contributed by atoms with E-state index in [2.05, 4.69) is 26.0 Å². The van der Waals surface area contributed by atoms with Crippen molar-refractivity contribution in [1.82, 2.24) is 0 Å². The second-order valence-electron chi connectivity index (χ2n) is 6.22. The molecule has 0 aromatic heterocycles. The second kappa shape index (κ2) is 7.32. The van der Waals surface area contributed by atoms with Crippen LogP contribution in [0, 0.1) is 5.41 Å². The van der Waals surface area contributed by atoms with Gasteiger partial charge in [-0.15, -0.1) is 0 Å². The Morgan fingerprint density at radius 2 is 2.00 bits per heavy atom. The van der Waals surface area contributed by atoms with Gasteiger partial charge in [0.15, 0.2) is 0 Å². The summed E-state index contributed by atoms with van der Waals surface area (Å²) in [5.41, 5.74) is 0.631. The van der Waals surface area contributed by atoms with Gasteiger partial charge in [0.25, 0.3) is 0 Å². The average molecular weight is 278 g/mol. The van der Waals surface area contributed by atoms with Gasteiger partial charge in [-0.05, 0) is 56.7 Å². The third kappa shape index (κ3) is 5.24. The summed E-state index contributed by atoms with van der Waals surface area (Å²) in [4.78, 5) is 11.0. The van der Waals surface area contributed by atoms with Gasteiger partial charge >= 0.3 is 5.97 Å². The van der Waals surface area contributed by atoms with Gasteiger partial charge in [-0.25, -0.2) is 0 Å². The quantitative estimate of drug-likeness (QED) is 0.714. The minimum Gasteiger partial charge on any atom is -0.494 e. The molecular formula is C17H26O3. The highest BCUT2D eigenvalue weighted by Crippen LogP contribution is 2.24. The Labute approximate surface area is 122 Å². The van der Waals surface area contributed by atoms with E-state index >= 15 is 0 Å². The Kier molecular flexibility index (Phi) is 6.05. The van der Waals surface area contributed by atoms with Crippen LogP contribution in [-0.4, -0.2) is 17.7 Å². The molecule has 1 N–H and O–H groups in total. The van der Waals surface area contributed by atoms with E-state index in [-0.39, 0.29) is 0 Å². The van der Waals surface area contributed by atoms with Crippen LogP contribution in [0.2, 0.25) is 0 Å². The number of carboxylic acid groups (broad SMARTS) is 1. The molecule has 3 heteroatoms. The third-order valence-electron chi connectivity index (χ3n) is 3.57. The first-order chi connectivity index (χ1) is 9.33. The van der Waals surface area contributed by atoms with E-state index in [0.717, 1.165) is 18.6 Å². The van der Waals surface area contributed by atoms with Crippen molar-refractivity contribution in [2.75, 3.05) is 6.61 Å². The number of rotatable bonds is 8. The van der Waals surface area contributed by atoms with Gasteiger partial charge < -0.3 is 9.84 Å². The van der Waals surface area contributed by atoms with E-state index in [1.807, 2.05) is 12.1 Å². The van der Waals surface area contributed by atoms with Gasteiger partial charge in [0.1, 0.15) is 5.75 Å². The molecule has 0 heterocycles. The fraction of sp³-hybridized carbons (Fsp3) is 0.588. The Balaban J connectivity index is 2.31. The van der Waals surface area contributed by atoms with Gasteiger partial charge in [0.05, 0.1) is 12.0 Å². The molecule has 1 rings (SSSR count).